The lowest BCUT2D eigenvalue weighted by Gasteiger charge is -2.02. The maximum absolute atomic E-state index is 11.8. The highest BCUT2D eigenvalue weighted by molar-refractivity contribution is 9.10. The number of hydrogen-bond donors (Lipinski definition) is 0. The zero-order valence-corrected chi connectivity index (χ0v) is 11.0. The zero-order chi connectivity index (χ0) is 10.8. The Kier molecular flexibility index (Phi) is 3.51. The third-order valence-electron chi connectivity index (χ3n) is 2.47. The van der Waals surface area contributed by atoms with E-state index in [1.807, 2.05) is 11.6 Å². The molecule has 0 bridgehead atoms. The summed E-state index contributed by atoms with van der Waals surface area (Å²) in [6.45, 7) is 2.82. The molecule has 1 aromatic heterocycles. The first-order valence-electron chi connectivity index (χ1n) is 5.16. The summed E-state index contributed by atoms with van der Waals surface area (Å²) in [6, 6.07) is 0. The van der Waals surface area contributed by atoms with Crippen LogP contribution in [0.25, 0.3) is 0 Å². The maximum atomic E-state index is 11.8. The van der Waals surface area contributed by atoms with Crippen LogP contribution in [0.1, 0.15) is 36.5 Å². The Morgan fingerprint density at radius 1 is 1.60 bits per heavy atom. The van der Waals surface area contributed by atoms with Crippen molar-refractivity contribution in [3.63, 3.8) is 0 Å². The van der Waals surface area contributed by atoms with Gasteiger partial charge in [-0.1, -0.05) is 6.92 Å². The minimum Gasteiger partial charge on any atom is -0.294 e. The molecular weight excluding hydrogens is 276 g/mol. The summed E-state index contributed by atoms with van der Waals surface area (Å²) in [5, 5.41) is 5.42. The fourth-order valence-corrected chi connectivity index (χ4v) is 3.57. The first-order valence-corrected chi connectivity index (χ1v) is 6.94. The number of rotatable bonds is 2. The highest BCUT2D eigenvalue weighted by Crippen LogP contribution is 2.32. The van der Waals surface area contributed by atoms with Crippen molar-refractivity contribution >= 4 is 33.5 Å². The molecule has 2 rings (SSSR count). The molecule has 0 amide bonds. The molecule has 0 N–H and O–H groups in total. The molecule has 82 valence electrons. The van der Waals surface area contributed by atoms with Gasteiger partial charge in [-0.3, -0.25) is 9.48 Å². The molecule has 0 spiro atoms. The van der Waals surface area contributed by atoms with Crippen LogP contribution in [-0.4, -0.2) is 21.3 Å². The lowest BCUT2D eigenvalue weighted by Crippen LogP contribution is -2.01. The predicted molar refractivity (Wildman–Crippen MR) is 64.5 cm³/mol. The Balaban J connectivity index is 2.44. The van der Waals surface area contributed by atoms with Crippen LogP contribution in [0.15, 0.2) is 9.63 Å². The summed E-state index contributed by atoms with van der Waals surface area (Å²) in [4.78, 5) is 11.8. The number of hydrogen-bond acceptors (Lipinski definition) is 3. The van der Waals surface area contributed by atoms with Gasteiger partial charge in [-0.2, -0.15) is 5.10 Å². The number of thioether (sulfide) groups is 1. The van der Waals surface area contributed by atoms with Gasteiger partial charge in [0.25, 0.3) is 0 Å². The molecule has 1 aromatic rings. The predicted octanol–water partition coefficient (Wildman–Crippen LogP) is 3.12. The number of fused-ring (bicyclic) bond motifs is 1. The van der Waals surface area contributed by atoms with Gasteiger partial charge in [0.05, 0.1) is 5.56 Å². The second kappa shape index (κ2) is 4.70. The minimum atomic E-state index is 0.178. The Labute approximate surface area is 102 Å². The van der Waals surface area contributed by atoms with Crippen LogP contribution in [0.3, 0.4) is 0 Å². The molecule has 0 aromatic carbocycles. The van der Waals surface area contributed by atoms with Gasteiger partial charge in [0.1, 0.15) is 9.63 Å². The van der Waals surface area contributed by atoms with Crippen molar-refractivity contribution < 1.29 is 4.79 Å². The van der Waals surface area contributed by atoms with Crippen LogP contribution in [0.5, 0.6) is 0 Å². The van der Waals surface area contributed by atoms with Crippen molar-refractivity contribution in [1.82, 2.24) is 9.78 Å². The van der Waals surface area contributed by atoms with Crippen molar-refractivity contribution in [2.75, 3.05) is 5.75 Å². The highest BCUT2D eigenvalue weighted by atomic mass is 79.9. The summed E-state index contributed by atoms with van der Waals surface area (Å²) in [5.74, 6) is 1.26. The smallest absolute Gasteiger partial charge is 0.168 e. The maximum Gasteiger partial charge on any atom is 0.168 e. The monoisotopic (exact) mass is 288 g/mol. The van der Waals surface area contributed by atoms with Gasteiger partial charge in [0.15, 0.2) is 5.78 Å². The van der Waals surface area contributed by atoms with Gasteiger partial charge in [-0.25, -0.2) is 0 Å². The molecule has 0 unspecified atom stereocenters. The third kappa shape index (κ3) is 2.13. The molecule has 0 radical (unpaired) electrons. The lowest BCUT2D eigenvalue weighted by molar-refractivity contribution is 0.0984. The van der Waals surface area contributed by atoms with E-state index in [2.05, 4.69) is 21.0 Å². The lowest BCUT2D eigenvalue weighted by atomic mass is 10.2. The van der Waals surface area contributed by atoms with E-state index < -0.39 is 0 Å². The quantitative estimate of drug-likeness (QED) is 0.785. The molecule has 3 nitrogen and oxygen atoms in total. The van der Waals surface area contributed by atoms with Crippen molar-refractivity contribution in [2.24, 2.45) is 0 Å². The second-order valence-electron chi connectivity index (χ2n) is 3.53. The number of aromatic nitrogens is 2. The summed E-state index contributed by atoms with van der Waals surface area (Å²) >= 11 is 5.13. The van der Waals surface area contributed by atoms with Gasteiger partial charge in [0.2, 0.25) is 0 Å². The Morgan fingerprint density at radius 2 is 2.40 bits per heavy atom. The van der Waals surface area contributed by atoms with Crippen molar-refractivity contribution in [3.8, 4) is 0 Å². The minimum absolute atomic E-state index is 0.178. The van der Waals surface area contributed by atoms with Crippen LogP contribution in [0.4, 0.5) is 0 Å². The SMILES string of the molecule is CCC(=O)c1c(Br)nn2c1SCCCC2. The standard InChI is InChI=1S/C10H13BrN2OS/c1-2-7(14)8-9(11)12-13-5-3-4-6-15-10(8)13/h2-6H2,1H3. The summed E-state index contributed by atoms with van der Waals surface area (Å²) < 4.78 is 2.67. The molecule has 0 saturated carbocycles. The van der Waals surface area contributed by atoms with Crippen LogP contribution >= 0.6 is 27.7 Å². The molecule has 0 aliphatic carbocycles. The first kappa shape index (κ1) is 11.2. The van der Waals surface area contributed by atoms with Crippen LogP contribution < -0.4 is 0 Å². The van der Waals surface area contributed by atoms with Crippen molar-refractivity contribution in [3.05, 3.63) is 10.2 Å². The molecule has 0 fully saturated rings. The first-order chi connectivity index (χ1) is 7.24. The Bertz CT molecular complexity index is 389. The van der Waals surface area contributed by atoms with Gasteiger partial charge >= 0.3 is 0 Å². The van der Waals surface area contributed by atoms with E-state index in [0.717, 1.165) is 29.3 Å². The fourth-order valence-electron chi connectivity index (χ4n) is 1.66. The van der Waals surface area contributed by atoms with E-state index in [1.165, 1.54) is 6.42 Å². The van der Waals surface area contributed by atoms with E-state index in [9.17, 15) is 4.79 Å². The number of carbonyl (C=O) groups is 1. The normalized spacial score (nSPS) is 15.9. The fraction of sp³-hybridized carbons (Fsp3) is 0.600. The summed E-state index contributed by atoms with van der Waals surface area (Å²) in [7, 11) is 0. The second-order valence-corrected chi connectivity index (χ2v) is 5.36. The number of carbonyl (C=O) groups excluding carboxylic acids is 1. The average molecular weight is 289 g/mol. The van der Waals surface area contributed by atoms with E-state index in [1.54, 1.807) is 11.8 Å². The van der Waals surface area contributed by atoms with Crippen molar-refractivity contribution in [2.45, 2.75) is 37.8 Å². The average Bonchev–Trinajstić information content (AvgIpc) is 2.40. The summed E-state index contributed by atoms with van der Waals surface area (Å²) in [5.41, 5.74) is 0.782. The molecule has 0 atom stereocenters. The molecule has 5 heteroatoms. The number of aryl methyl sites for hydroxylation is 1. The van der Waals surface area contributed by atoms with E-state index in [0.29, 0.717) is 11.0 Å². The van der Waals surface area contributed by atoms with E-state index in [4.69, 9.17) is 0 Å². The van der Waals surface area contributed by atoms with Crippen LogP contribution in [-0.2, 0) is 6.54 Å². The van der Waals surface area contributed by atoms with Crippen molar-refractivity contribution in [1.29, 1.82) is 0 Å². The van der Waals surface area contributed by atoms with E-state index in [-0.39, 0.29) is 5.78 Å². The zero-order valence-electron chi connectivity index (χ0n) is 8.62. The number of Topliss-reactive ketones (excluding diaryl/α,β-unsaturated/α-hetero) is 1. The number of nitrogens with zero attached hydrogens (tertiary/aromatic N) is 2. The molecule has 2 heterocycles. The third-order valence-corrected chi connectivity index (χ3v) is 4.20. The molecule has 15 heavy (non-hydrogen) atoms. The highest BCUT2D eigenvalue weighted by Gasteiger charge is 2.22. The van der Waals surface area contributed by atoms with Gasteiger partial charge < -0.3 is 0 Å². The molecule has 1 aliphatic heterocycles. The van der Waals surface area contributed by atoms with Crippen LogP contribution in [0, 0.1) is 0 Å². The number of ketones is 1. The van der Waals surface area contributed by atoms with Gasteiger partial charge in [0, 0.05) is 13.0 Å². The summed E-state index contributed by atoms with van der Waals surface area (Å²) in [6.07, 6.45) is 2.89. The molecule has 0 saturated heterocycles. The number of halogens is 1. The van der Waals surface area contributed by atoms with Gasteiger partial charge in [-0.05, 0) is 34.5 Å². The van der Waals surface area contributed by atoms with Gasteiger partial charge in [-0.15, -0.1) is 11.8 Å². The molecular formula is C10H13BrN2OS. The van der Waals surface area contributed by atoms with Crippen LogP contribution in [0.2, 0.25) is 0 Å². The molecule has 1 aliphatic rings. The topological polar surface area (TPSA) is 34.9 Å². The Hall–Kier alpha value is -0.290. The van der Waals surface area contributed by atoms with E-state index >= 15 is 0 Å². The largest absolute Gasteiger partial charge is 0.294 e. The Morgan fingerprint density at radius 3 is 3.13 bits per heavy atom.